The molecule has 0 spiro atoms. The standard InChI is InChI=1S/C14H22N4/c1-6-7-8-11(2)17-14(15-4)12(3)13-9-16-18(5)10-13/h9-10H,3,6-8H2,1-2,4-5H3/b15-14-,17-11+. The molecule has 0 atom stereocenters. The number of aromatic nitrogens is 2. The minimum Gasteiger partial charge on any atom is -0.275 e. The van der Waals surface area contributed by atoms with Gasteiger partial charge in [-0.25, -0.2) is 4.99 Å². The molecule has 1 aromatic rings. The summed E-state index contributed by atoms with van der Waals surface area (Å²) in [6.45, 7) is 8.27. The van der Waals surface area contributed by atoms with Crippen LogP contribution < -0.4 is 0 Å². The van der Waals surface area contributed by atoms with Gasteiger partial charge in [-0.1, -0.05) is 19.9 Å². The number of rotatable bonds is 5. The minimum atomic E-state index is 0.691. The van der Waals surface area contributed by atoms with Gasteiger partial charge in [0, 0.05) is 37.1 Å². The van der Waals surface area contributed by atoms with Crippen molar-refractivity contribution < 1.29 is 0 Å². The molecule has 0 saturated heterocycles. The molecule has 0 unspecified atom stereocenters. The fourth-order valence-electron chi connectivity index (χ4n) is 1.63. The second kappa shape index (κ2) is 6.89. The van der Waals surface area contributed by atoms with E-state index in [4.69, 9.17) is 0 Å². The quantitative estimate of drug-likeness (QED) is 0.581. The van der Waals surface area contributed by atoms with Gasteiger partial charge in [0.15, 0.2) is 5.84 Å². The molecule has 4 nitrogen and oxygen atoms in total. The van der Waals surface area contributed by atoms with E-state index in [1.807, 2.05) is 20.2 Å². The predicted molar refractivity (Wildman–Crippen MR) is 78.2 cm³/mol. The van der Waals surface area contributed by atoms with E-state index in [1.54, 1.807) is 17.9 Å². The van der Waals surface area contributed by atoms with Crippen molar-refractivity contribution in [2.45, 2.75) is 33.1 Å². The Balaban J connectivity index is 2.82. The van der Waals surface area contributed by atoms with Crippen LogP contribution in [0, 0.1) is 0 Å². The van der Waals surface area contributed by atoms with Gasteiger partial charge < -0.3 is 0 Å². The first-order valence-corrected chi connectivity index (χ1v) is 6.27. The largest absolute Gasteiger partial charge is 0.275 e. The van der Waals surface area contributed by atoms with Crippen molar-refractivity contribution in [1.82, 2.24) is 9.78 Å². The molecular formula is C14H22N4. The van der Waals surface area contributed by atoms with E-state index in [1.165, 1.54) is 6.42 Å². The molecular weight excluding hydrogens is 224 g/mol. The maximum absolute atomic E-state index is 4.55. The Morgan fingerprint density at radius 1 is 1.50 bits per heavy atom. The highest BCUT2D eigenvalue weighted by atomic mass is 15.2. The SMILES string of the molecule is C=C(C(=N/C)/N=C(\C)CCCC)c1cnn(C)c1. The van der Waals surface area contributed by atoms with Crippen LogP contribution in [-0.4, -0.2) is 28.4 Å². The molecule has 1 aromatic heterocycles. The Morgan fingerprint density at radius 2 is 2.22 bits per heavy atom. The zero-order valence-corrected chi connectivity index (χ0v) is 11.8. The van der Waals surface area contributed by atoms with Crippen molar-refractivity contribution >= 4 is 17.1 Å². The molecule has 98 valence electrons. The van der Waals surface area contributed by atoms with Crippen LogP contribution in [0.4, 0.5) is 0 Å². The second-order valence-electron chi connectivity index (χ2n) is 4.38. The first-order chi connectivity index (χ1) is 8.58. The van der Waals surface area contributed by atoms with Gasteiger partial charge in [-0.15, -0.1) is 0 Å². The van der Waals surface area contributed by atoms with Crippen molar-refractivity contribution in [2.75, 3.05) is 7.05 Å². The highest BCUT2D eigenvalue weighted by Crippen LogP contribution is 2.14. The third-order valence-electron chi connectivity index (χ3n) is 2.72. The first kappa shape index (κ1) is 14.4. The summed E-state index contributed by atoms with van der Waals surface area (Å²) < 4.78 is 1.75. The number of unbranched alkanes of at least 4 members (excludes halogenated alkanes) is 1. The monoisotopic (exact) mass is 246 g/mol. The summed E-state index contributed by atoms with van der Waals surface area (Å²) in [7, 11) is 3.63. The number of amidine groups is 1. The highest BCUT2D eigenvalue weighted by molar-refractivity contribution is 6.24. The fraction of sp³-hybridized carbons (Fsp3) is 0.500. The Bertz CT molecular complexity index is 466. The zero-order chi connectivity index (χ0) is 13.5. The molecule has 4 heteroatoms. The first-order valence-electron chi connectivity index (χ1n) is 6.27. The fourth-order valence-corrected chi connectivity index (χ4v) is 1.63. The molecule has 0 aliphatic rings. The van der Waals surface area contributed by atoms with E-state index >= 15 is 0 Å². The topological polar surface area (TPSA) is 42.5 Å². The summed E-state index contributed by atoms with van der Waals surface area (Å²) in [5.74, 6) is 0.691. The molecule has 0 fully saturated rings. The number of hydrogen-bond donors (Lipinski definition) is 0. The summed E-state index contributed by atoms with van der Waals surface area (Å²) in [4.78, 5) is 8.76. The van der Waals surface area contributed by atoms with E-state index < -0.39 is 0 Å². The van der Waals surface area contributed by atoms with Crippen LogP contribution in [0.15, 0.2) is 29.0 Å². The van der Waals surface area contributed by atoms with Gasteiger partial charge in [0.05, 0.1) is 6.20 Å². The lowest BCUT2D eigenvalue weighted by Gasteiger charge is -2.04. The van der Waals surface area contributed by atoms with E-state index in [0.717, 1.165) is 29.7 Å². The summed E-state index contributed by atoms with van der Waals surface area (Å²) in [6, 6.07) is 0. The summed E-state index contributed by atoms with van der Waals surface area (Å²) >= 11 is 0. The minimum absolute atomic E-state index is 0.691. The lowest BCUT2D eigenvalue weighted by atomic mass is 10.1. The van der Waals surface area contributed by atoms with E-state index in [9.17, 15) is 0 Å². The van der Waals surface area contributed by atoms with Crippen LogP contribution in [0.1, 0.15) is 38.7 Å². The van der Waals surface area contributed by atoms with Gasteiger partial charge in [-0.2, -0.15) is 5.10 Å². The molecule has 0 aliphatic heterocycles. The van der Waals surface area contributed by atoms with Gasteiger partial charge >= 0.3 is 0 Å². The maximum atomic E-state index is 4.55. The molecule has 1 rings (SSSR count). The highest BCUT2D eigenvalue weighted by Gasteiger charge is 2.08. The van der Waals surface area contributed by atoms with Gasteiger partial charge in [-0.3, -0.25) is 9.67 Å². The van der Waals surface area contributed by atoms with Crippen LogP contribution in [0.25, 0.3) is 5.57 Å². The molecule has 0 saturated carbocycles. The van der Waals surface area contributed by atoms with Gasteiger partial charge in [-0.05, 0) is 19.8 Å². The lowest BCUT2D eigenvalue weighted by Crippen LogP contribution is -2.02. The second-order valence-corrected chi connectivity index (χ2v) is 4.38. The summed E-state index contributed by atoms with van der Waals surface area (Å²) in [6.07, 6.45) is 7.05. The van der Waals surface area contributed by atoms with Gasteiger partial charge in [0.1, 0.15) is 0 Å². The van der Waals surface area contributed by atoms with Crippen LogP contribution >= 0.6 is 0 Å². The molecule has 18 heavy (non-hydrogen) atoms. The van der Waals surface area contributed by atoms with E-state index in [0.29, 0.717) is 5.84 Å². The Morgan fingerprint density at radius 3 is 2.72 bits per heavy atom. The number of nitrogens with zero attached hydrogens (tertiary/aromatic N) is 4. The Hall–Kier alpha value is -1.71. The molecule has 0 radical (unpaired) electrons. The summed E-state index contributed by atoms with van der Waals surface area (Å²) in [5, 5.41) is 4.14. The number of aryl methyl sites for hydroxylation is 1. The third kappa shape index (κ3) is 3.95. The molecule has 0 aromatic carbocycles. The number of aliphatic imine (C=N–C) groups is 2. The van der Waals surface area contributed by atoms with E-state index in [2.05, 4.69) is 28.6 Å². The van der Waals surface area contributed by atoms with E-state index in [-0.39, 0.29) is 0 Å². The van der Waals surface area contributed by atoms with Crippen LogP contribution in [0.5, 0.6) is 0 Å². The predicted octanol–water partition coefficient (Wildman–Crippen LogP) is 3.11. The van der Waals surface area contributed by atoms with Crippen molar-refractivity contribution in [3.8, 4) is 0 Å². The summed E-state index contributed by atoms with van der Waals surface area (Å²) in [5.41, 5.74) is 2.88. The van der Waals surface area contributed by atoms with Crippen molar-refractivity contribution in [3.63, 3.8) is 0 Å². The molecule has 0 bridgehead atoms. The zero-order valence-electron chi connectivity index (χ0n) is 11.8. The molecule has 0 amide bonds. The van der Waals surface area contributed by atoms with Gasteiger partial charge in [0.25, 0.3) is 0 Å². The van der Waals surface area contributed by atoms with Crippen molar-refractivity contribution in [3.05, 3.63) is 24.5 Å². The van der Waals surface area contributed by atoms with Crippen LogP contribution in [0.2, 0.25) is 0 Å². The smallest absolute Gasteiger partial charge is 0.154 e. The average Bonchev–Trinajstić information content (AvgIpc) is 2.79. The molecule has 1 heterocycles. The average molecular weight is 246 g/mol. The van der Waals surface area contributed by atoms with Crippen LogP contribution in [0.3, 0.4) is 0 Å². The van der Waals surface area contributed by atoms with Crippen molar-refractivity contribution in [1.29, 1.82) is 0 Å². The Kier molecular flexibility index (Phi) is 5.49. The van der Waals surface area contributed by atoms with Gasteiger partial charge in [0.2, 0.25) is 0 Å². The molecule has 0 N–H and O–H groups in total. The van der Waals surface area contributed by atoms with Crippen LogP contribution in [-0.2, 0) is 7.05 Å². The molecule has 0 aliphatic carbocycles. The van der Waals surface area contributed by atoms with Crippen molar-refractivity contribution in [2.24, 2.45) is 17.0 Å². The maximum Gasteiger partial charge on any atom is 0.154 e. The lowest BCUT2D eigenvalue weighted by molar-refractivity contribution is 0.767. The Labute approximate surface area is 109 Å². The third-order valence-corrected chi connectivity index (χ3v) is 2.72. The normalized spacial score (nSPS) is 12.9. The number of hydrogen-bond acceptors (Lipinski definition) is 2.